The molecule has 5 heterocycles. The van der Waals surface area contributed by atoms with E-state index in [-0.39, 0.29) is 82.6 Å². The van der Waals surface area contributed by atoms with Gasteiger partial charge >= 0.3 is 17.9 Å². The smallest absolute Gasteiger partial charge is 0.341 e. The van der Waals surface area contributed by atoms with Gasteiger partial charge in [0.2, 0.25) is 0 Å². The number of carbonyl (C=O) groups excluding carboxylic acids is 4. The summed E-state index contributed by atoms with van der Waals surface area (Å²) in [5.74, 6) is 2.34. The largest absolute Gasteiger partial charge is 0.508 e. The van der Waals surface area contributed by atoms with E-state index in [0.717, 1.165) is 113 Å². The molecule has 13 rings (SSSR count). The van der Waals surface area contributed by atoms with Gasteiger partial charge in [-0.2, -0.15) is 0 Å². The van der Waals surface area contributed by atoms with Crippen LogP contribution in [0.3, 0.4) is 0 Å². The third-order valence-electron chi connectivity index (χ3n) is 19.5. The van der Waals surface area contributed by atoms with Gasteiger partial charge in [-0.1, -0.05) is 62.2 Å². The van der Waals surface area contributed by atoms with Crippen LogP contribution in [0.5, 0.6) is 57.5 Å². The molecule has 0 aliphatic heterocycles. The Morgan fingerprint density at radius 2 is 0.677 bits per heavy atom. The molecule has 0 aliphatic rings. The second-order valence-electron chi connectivity index (χ2n) is 27.9. The first-order chi connectivity index (χ1) is 58.9. The number of aromatic carboxylic acids is 1. The van der Waals surface area contributed by atoms with Gasteiger partial charge in [0.1, 0.15) is 129 Å². The molecule has 0 atom stereocenters. The zero-order chi connectivity index (χ0) is 91.3. The summed E-state index contributed by atoms with van der Waals surface area (Å²) in [4.78, 5) is 58.2. The van der Waals surface area contributed by atoms with Gasteiger partial charge < -0.3 is 103 Å². The van der Waals surface area contributed by atoms with Crippen molar-refractivity contribution in [1.82, 2.24) is 25.8 Å². The molecule has 0 saturated carbocycles. The lowest BCUT2D eigenvalue weighted by Crippen LogP contribution is -2.14. The molecule has 124 heavy (non-hydrogen) atoms. The molecule has 32 heteroatoms. The second kappa shape index (κ2) is 45.6. The Morgan fingerprint density at radius 1 is 0.371 bits per heavy atom. The number of nitrogens with one attached hydrogen (secondary N) is 2. The van der Waals surface area contributed by atoms with Crippen molar-refractivity contribution in [3.05, 3.63) is 292 Å². The number of ether oxygens (including phenoxy) is 7. The number of halogens is 1. The minimum atomic E-state index is -1.19. The molecule has 31 nitrogen and oxygen atoms in total. The average molecular weight is 1720 g/mol. The lowest BCUT2D eigenvalue weighted by Gasteiger charge is -2.14. The number of anilines is 3. The van der Waals surface area contributed by atoms with Gasteiger partial charge in [-0.3, -0.25) is 9.59 Å². The first-order valence-electron chi connectivity index (χ1n) is 38.2. The first-order valence-corrected chi connectivity index (χ1v) is 38.8. The van der Waals surface area contributed by atoms with Gasteiger partial charge in [0.25, 0.3) is 11.8 Å². The van der Waals surface area contributed by atoms with Crippen LogP contribution in [0.25, 0.3) is 0 Å². The number of alkyl halides is 1. The van der Waals surface area contributed by atoms with E-state index in [2.05, 4.69) is 58.9 Å². The van der Waals surface area contributed by atoms with Crippen LogP contribution in [0.15, 0.2) is 168 Å². The number of hydrogen-bond acceptors (Lipinski definition) is 28. The van der Waals surface area contributed by atoms with E-state index in [4.69, 9.17) is 79.0 Å². The number of esters is 2. The number of phenolic OH excluding ortho intramolecular Hbond substituents is 4. The van der Waals surface area contributed by atoms with Crippen molar-refractivity contribution in [3.63, 3.8) is 0 Å². The number of nitrogens with two attached hydrogens (primary N) is 1. The van der Waals surface area contributed by atoms with Crippen molar-refractivity contribution in [2.45, 2.75) is 143 Å². The van der Waals surface area contributed by atoms with Crippen LogP contribution >= 0.6 is 11.6 Å². The van der Waals surface area contributed by atoms with Crippen LogP contribution in [-0.2, 0) is 41.8 Å². The van der Waals surface area contributed by atoms with Crippen molar-refractivity contribution < 1.29 is 110 Å². The quantitative estimate of drug-likeness (QED) is 0.0183. The molecule has 0 bridgehead atoms. The van der Waals surface area contributed by atoms with Crippen molar-refractivity contribution in [2.24, 2.45) is 0 Å². The van der Waals surface area contributed by atoms with E-state index in [9.17, 15) is 39.3 Å². The highest BCUT2D eigenvalue weighted by Crippen LogP contribution is 2.33. The highest BCUT2D eigenvalue weighted by atomic mass is 35.5. The van der Waals surface area contributed by atoms with E-state index < -0.39 is 17.9 Å². The second-order valence-corrected chi connectivity index (χ2v) is 28.2. The lowest BCUT2D eigenvalue weighted by atomic mass is 10.1. The Kier molecular flexibility index (Phi) is 35.4. The molecule has 13 aromatic rings. The molecule has 0 fully saturated rings. The normalized spacial score (nSPS) is 10.3. The number of hydrogen-bond donors (Lipinski definition) is 9. The number of amides is 2. The van der Waals surface area contributed by atoms with Crippen LogP contribution in [0.1, 0.15) is 170 Å². The summed E-state index contributed by atoms with van der Waals surface area (Å²) in [5.41, 5.74) is 23.7. The Balaban J connectivity index is 0.000000206. The SMILES string of the molecule is COC(=O)c1ccc(O)cc1O.COC(=O)c1ccc(OCc2c(C)noc2C)cc1O.COc1cc(OCc2c(C)noc2C)ccc1C(=O)Nc1cccc(C)c1C.Cc1cccc(N)c1C.Cc1cccc(NC(=O)c2ccc(OCc3c(C)noc3C)cc2O)c1C.Cc1noc(C)c1CCl.Cc1noc(C)c1COc1ccc(C(=O)O)c(O)c1. The summed E-state index contributed by atoms with van der Waals surface area (Å²) in [6.07, 6.45) is 0. The van der Waals surface area contributed by atoms with Crippen molar-refractivity contribution in [2.75, 3.05) is 37.7 Å². The molecule has 0 radical (unpaired) electrons. The maximum atomic E-state index is 12.7. The third-order valence-corrected chi connectivity index (χ3v) is 19.8. The van der Waals surface area contributed by atoms with E-state index in [1.807, 2.05) is 132 Å². The number of rotatable bonds is 21. The van der Waals surface area contributed by atoms with Crippen molar-refractivity contribution in [3.8, 4) is 57.5 Å². The number of phenols is 5. The first kappa shape index (κ1) is 96.4. The number of nitrogens with zero attached hydrogens (tertiary/aromatic N) is 5. The maximum absolute atomic E-state index is 12.7. The van der Waals surface area contributed by atoms with Gasteiger partial charge in [-0.25, -0.2) is 14.4 Å². The minimum Gasteiger partial charge on any atom is -0.508 e. The number of benzene rings is 8. The highest BCUT2D eigenvalue weighted by Gasteiger charge is 2.21. The summed E-state index contributed by atoms with van der Waals surface area (Å²) >= 11 is 5.58. The molecule has 0 saturated heterocycles. The Morgan fingerprint density at radius 3 is 0.976 bits per heavy atom. The van der Waals surface area contributed by atoms with E-state index in [1.165, 1.54) is 81.0 Å². The summed E-state index contributed by atoms with van der Waals surface area (Å²) < 4.78 is 62.0. The van der Waals surface area contributed by atoms with Crippen LogP contribution < -0.4 is 40.1 Å². The van der Waals surface area contributed by atoms with Crippen molar-refractivity contribution >= 4 is 58.4 Å². The predicted molar refractivity (Wildman–Crippen MR) is 462 cm³/mol. The van der Waals surface area contributed by atoms with Gasteiger partial charge in [0.15, 0.2) is 0 Å². The van der Waals surface area contributed by atoms with Crippen LogP contribution in [-0.4, -0.2) is 107 Å². The molecule has 0 unspecified atom stereocenters. The van der Waals surface area contributed by atoms with Crippen molar-refractivity contribution in [1.29, 1.82) is 0 Å². The molecule has 0 aliphatic carbocycles. The standard InChI is InChI=1S/C22H24N2O4.C21H22N2O4.C14H15NO5.C13H13NO5.C8H11N.C8H8O4.C6H8ClNO/c1-13-7-6-8-20(14(13)2)23-22(25)18-10-9-17(11-21(18)26-5)27-12-19-15(3)24-28-16(19)4;1-12-6-5-7-19(13(12)2)22-21(25)17-9-8-16(10-20(17)24)26-11-18-14(3)23-27-15(18)4;1-8-12(9(2)20-15-8)7-19-10-4-5-11(13(16)6-10)14(17)18-3;1-7-11(8(2)19-14-7)6-18-9-3-4-10(13(16)17)12(15)5-9;1-6-4-3-5-8(9)7(6)2;1-12-8(11)6-3-2-5(9)4-7(6)10;1-4-6(3-7)5(2)9-8-4/h6-11H,12H2,1-5H3,(H,23,25);5-10,24H,11H2,1-4H3,(H,22,25);4-6,16H,7H2,1-3H3;3-5,15H,6H2,1-2H3,(H,16,17);3-5H,9H2,1-2H3;2-4,9-10H,1H3;3H2,1-2H3. The zero-order valence-electron chi connectivity index (χ0n) is 72.2. The van der Waals surface area contributed by atoms with E-state index >= 15 is 0 Å². The summed E-state index contributed by atoms with van der Waals surface area (Å²) in [5, 5.41) is 81.3. The number of aryl methyl sites for hydroxylation is 13. The van der Waals surface area contributed by atoms with E-state index in [1.54, 1.807) is 57.2 Å². The number of carboxylic acid groups (broad SMARTS) is 1. The van der Waals surface area contributed by atoms with Gasteiger partial charge in [0.05, 0.1) is 89.1 Å². The molecule has 2 amide bonds. The number of carbonyl (C=O) groups is 5. The Bertz CT molecular complexity index is 5740. The molecule has 10 N–H and O–H groups in total. The zero-order valence-corrected chi connectivity index (χ0v) is 73.0. The number of methoxy groups -OCH3 is 3. The topological polar surface area (TPSA) is 452 Å². The molecular weight excluding hydrogens is 1620 g/mol. The van der Waals surface area contributed by atoms with E-state index in [0.29, 0.717) is 64.1 Å². The summed E-state index contributed by atoms with van der Waals surface area (Å²) in [6.45, 7) is 31.5. The van der Waals surface area contributed by atoms with Gasteiger partial charge in [-0.15, -0.1) is 11.6 Å². The number of nitrogen functional groups attached to an aromatic ring is 1. The number of aromatic nitrogens is 5. The third kappa shape index (κ3) is 26.6. The Labute approximate surface area is 721 Å². The Hall–Kier alpha value is -14.8. The van der Waals surface area contributed by atoms with Crippen LogP contribution in [0, 0.1) is 111 Å². The molecular formula is C92H101ClN8O23. The molecule has 654 valence electrons. The number of aromatic hydroxyl groups is 5. The molecule has 5 aromatic heterocycles. The lowest BCUT2D eigenvalue weighted by molar-refractivity contribution is 0.0588. The van der Waals surface area contributed by atoms with Gasteiger partial charge in [0, 0.05) is 53.0 Å². The summed E-state index contributed by atoms with van der Waals surface area (Å²) in [7, 11) is 4.00. The molecule has 0 spiro atoms. The fourth-order valence-corrected chi connectivity index (χ4v) is 11.7. The van der Waals surface area contributed by atoms with Gasteiger partial charge in [-0.05, 0) is 223 Å². The number of carboxylic acids is 1. The maximum Gasteiger partial charge on any atom is 0.341 e. The summed E-state index contributed by atoms with van der Waals surface area (Å²) in [6, 6.07) is 39.3. The monoisotopic (exact) mass is 1720 g/mol. The predicted octanol–water partition coefficient (Wildman–Crippen LogP) is 18.6. The molecule has 8 aromatic carbocycles. The fraction of sp³-hybridized carbons (Fsp3) is 0.261. The fourth-order valence-electron chi connectivity index (χ4n) is 11.3. The van der Waals surface area contributed by atoms with Crippen LogP contribution in [0.4, 0.5) is 17.1 Å². The average Bonchev–Trinajstić information content (AvgIpc) is 1.12. The minimum absolute atomic E-state index is 0.0373. The highest BCUT2D eigenvalue weighted by molar-refractivity contribution is 6.17. The van der Waals surface area contributed by atoms with Crippen LogP contribution in [0.2, 0.25) is 0 Å².